The van der Waals surface area contributed by atoms with Crippen LogP contribution < -0.4 is 10.6 Å². The second-order valence-electron chi connectivity index (χ2n) is 6.05. The molecule has 0 radical (unpaired) electrons. The average Bonchev–Trinajstić information content (AvgIpc) is 2.77. The molecule has 2 saturated heterocycles. The van der Waals surface area contributed by atoms with Crippen LogP contribution in [-0.2, 0) is 11.3 Å². The average molecular weight is 329 g/mol. The van der Waals surface area contributed by atoms with Gasteiger partial charge in [0.2, 0.25) is 5.91 Å². The molecule has 1 aromatic carbocycles. The van der Waals surface area contributed by atoms with Gasteiger partial charge >= 0.3 is 0 Å². The highest BCUT2D eigenvalue weighted by Gasteiger charge is 2.34. The molecule has 0 aliphatic carbocycles. The Bertz CT molecular complexity index is 483. The summed E-state index contributed by atoms with van der Waals surface area (Å²) in [6, 6.07) is 8.95. The predicted octanol–water partition coefficient (Wildman–Crippen LogP) is 3.30. The van der Waals surface area contributed by atoms with Gasteiger partial charge in [-0.05, 0) is 43.2 Å². The summed E-state index contributed by atoms with van der Waals surface area (Å²) in [5.74, 6) is 0.691. The molecule has 2 fully saturated rings. The van der Waals surface area contributed by atoms with E-state index in [4.69, 9.17) is 11.6 Å². The van der Waals surface area contributed by atoms with E-state index in [1.165, 1.54) is 12.8 Å². The van der Waals surface area contributed by atoms with Crippen molar-refractivity contribution in [1.29, 1.82) is 0 Å². The molecule has 0 aromatic heterocycles. The fourth-order valence-corrected chi connectivity index (χ4v) is 3.71. The van der Waals surface area contributed by atoms with Crippen LogP contribution in [0.15, 0.2) is 24.3 Å². The highest BCUT2D eigenvalue weighted by atomic mass is 35.5. The molecular formula is C16H22Cl2N2O. The minimum Gasteiger partial charge on any atom is -0.352 e. The van der Waals surface area contributed by atoms with Gasteiger partial charge in [0.15, 0.2) is 0 Å². The molecule has 1 amide bonds. The number of hydrogen-bond acceptors (Lipinski definition) is 2. The number of halogens is 2. The first kappa shape index (κ1) is 16.6. The molecule has 1 aromatic rings. The van der Waals surface area contributed by atoms with Crippen LogP contribution in [0.1, 0.15) is 37.7 Å². The third kappa shape index (κ3) is 4.35. The van der Waals surface area contributed by atoms with E-state index in [1.54, 1.807) is 0 Å². The number of amides is 1. The number of hydrogen-bond donors (Lipinski definition) is 2. The van der Waals surface area contributed by atoms with Gasteiger partial charge in [0, 0.05) is 30.1 Å². The van der Waals surface area contributed by atoms with E-state index in [1.807, 2.05) is 24.3 Å². The van der Waals surface area contributed by atoms with Crippen LogP contribution in [0.4, 0.5) is 0 Å². The quantitative estimate of drug-likeness (QED) is 0.890. The molecule has 0 saturated carbocycles. The maximum Gasteiger partial charge on any atom is 0.220 e. The summed E-state index contributed by atoms with van der Waals surface area (Å²) in [6.45, 7) is 0.524. The molecule has 2 bridgehead atoms. The molecule has 2 atom stereocenters. The molecule has 2 aliphatic rings. The first-order valence-electron chi connectivity index (χ1n) is 7.47. The summed E-state index contributed by atoms with van der Waals surface area (Å²) in [7, 11) is 0. The Labute approximate surface area is 137 Å². The van der Waals surface area contributed by atoms with Gasteiger partial charge in [-0.3, -0.25) is 4.79 Å². The number of nitrogens with one attached hydrogen (secondary N) is 2. The number of rotatable bonds is 4. The molecule has 3 nitrogen and oxygen atoms in total. The molecule has 5 heteroatoms. The van der Waals surface area contributed by atoms with Gasteiger partial charge in [-0.15, -0.1) is 12.4 Å². The van der Waals surface area contributed by atoms with Gasteiger partial charge in [-0.25, -0.2) is 0 Å². The Hall–Kier alpha value is -0.770. The van der Waals surface area contributed by atoms with E-state index in [-0.39, 0.29) is 18.3 Å². The van der Waals surface area contributed by atoms with Crippen molar-refractivity contribution in [3.63, 3.8) is 0 Å². The Morgan fingerprint density at radius 2 is 1.90 bits per heavy atom. The van der Waals surface area contributed by atoms with E-state index < -0.39 is 0 Å². The summed E-state index contributed by atoms with van der Waals surface area (Å²) in [5, 5.41) is 7.32. The minimum absolute atomic E-state index is 0. The number of benzene rings is 1. The largest absolute Gasteiger partial charge is 0.352 e. The first-order chi connectivity index (χ1) is 9.70. The fourth-order valence-electron chi connectivity index (χ4n) is 3.51. The molecule has 2 N–H and O–H groups in total. The van der Waals surface area contributed by atoms with E-state index >= 15 is 0 Å². The minimum atomic E-state index is 0. The predicted molar refractivity (Wildman–Crippen MR) is 87.8 cm³/mol. The molecule has 21 heavy (non-hydrogen) atoms. The Morgan fingerprint density at radius 1 is 1.24 bits per heavy atom. The molecule has 2 aliphatic heterocycles. The maximum atomic E-state index is 12.1. The second kappa shape index (κ2) is 7.48. The van der Waals surface area contributed by atoms with Crippen molar-refractivity contribution in [1.82, 2.24) is 10.6 Å². The van der Waals surface area contributed by atoms with Crippen LogP contribution in [0, 0.1) is 5.92 Å². The van der Waals surface area contributed by atoms with Crippen molar-refractivity contribution in [2.75, 3.05) is 0 Å². The first-order valence-corrected chi connectivity index (χ1v) is 7.84. The normalized spacial score (nSPS) is 27.0. The summed E-state index contributed by atoms with van der Waals surface area (Å²) in [6.07, 6.45) is 5.51. The summed E-state index contributed by atoms with van der Waals surface area (Å²) >= 11 is 6.09. The van der Waals surface area contributed by atoms with E-state index in [0.717, 1.165) is 18.4 Å². The van der Waals surface area contributed by atoms with Crippen LogP contribution >= 0.6 is 24.0 Å². The number of carbonyl (C=O) groups excluding carboxylic acids is 1. The monoisotopic (exact) mass is 328 g/mol. The van der Waals surface area contributed by atoms with E-state index in [2.05, 4.69) is 10.6 Å². The number of piperidine rings is 1. The van der Waals surface area contributed by atoms with Gasteiger partial charge in [0.25, 0.3) is 0 Å². The second-order valence-corrected chi connectivity index (χ2v) is 6.45. The van der Waals surface area contributed by atoms with Crippen molar-refractivity contribution < 1.29 is 4.79 Å². The third-order valence-electron chi connectivity index (χ3n) is 4.48. The summed E-state index contributed by atoms with van der Waals surface area (Å²) in [5.41, 5.74) is 0.980. The molecule has 2 unspecified atom stereocenters. The SMILES string of the molecule is Cl.O=C(CC1CC2CCC(C1)N2)NCc1ccccc1Cl. The van der Waals surface area contributed by atoms with Crippen molar-refractivity contribution in [2.45, 2.75) is 50.7 Å². The summed E-state index contributed by atoms with van der Waals surface area (Å²) < 4.78 is 0. The molecule has 2 heterocycles. The van der Waals surface area contributed by atoms with Gasteiger partial charge < -0.3 is 10.6 Å². The lowest BCUT2D eigenvalue weighted by atomic mass is 9.89. The molecule has 116 valence electrons. The Kier molecular flexibility index (Phi) is 5.91. The van der Waals surface area contributed by atoms with Crippen LogP contribution in [0.2, 0.25) is 5.02 Å². The van der Waals surface area contributed by atoms with Crippen molar-refractivity contribution in [3.05, 3.63) is 34.9 Å². The lowest BCUT2D eigenvalue weighted by molar-refractivity contribution is -0.122. The van der Waals surface area contributed by atoms with Gasteiger partial charge in [-0.2, -0.15) is 0 Å². The highest BCUT2D eigenvalue weighted by Crippen LogP contribution is 2.32. The van der Waals surface area contributed by atoms with Crippen LogP contribution in [0.5, 0.6) is 0 Å². The fraction of sp³-hybridized carbons (Fsp3) is 0.562. The van der Waals surface area contributed by atoms with Crippen LogP contribution in [0.25, 0.3) is 0 Å². The Morgan fingerprint density at radius 3 is 2.57 bits per heavy atom. The van der Waals surface area contributed by atoms with Crippen LogP contribution in [0.3, 0.4) is 0 Å². The third-order valence-corrected chi connectivity index (χ3v) is 4.85. The van der Waals surface area contributed by atoms with Crippen molar-refractivity contribution in [3.8, 4) is 0 Å². The number of fused-ring (bicyclic) bond motifs is 2. The zero-order valence-electron chi connectivity index (χ0n) is 12.0. The highest BCUT2D eigenvalue weighted by molar-refractivity contribution is 6.31. The van der Waals surface area contributed by atoms with Crippen molar-refractivity contribution >= 4 is 29.9 Å². The van der Waals surface area contributed by atoms with Crippen LogP contribution in [-0.4, -0.2) is 18.0 Å². The summed E-state index contributed by atoms with van der Waals surface area (Å²) in [4.78, 5) is 12.1. The van der Waals surface area contributed by atoms with E-state index in [9.17, 15) is 4.79 Å². The lowest BCUT2D eigenvalue weighted by Gasteiger charge is -2.28. The lowest BCUT2D eigenvalue weighted by Crippen LogP contribution is -2.39. The van der Waals surface area contributed by atoms with Crippen molar-refractivity contribution in [2.24, 2.45) is 5.92 Å². The molecular weight excluding hydrogens is 307 g/mol. The Balaban J connectivity index is 0.00000161. The standard InChI is InChI=1S/C16H21ClN2O.ClH/c17-15-4-2-1-3-12(15)10-18-16(20)9-11-7-13-5-6-14(8-11)19-13;/h1-4,11,13-14,19H,5-10H2,(H,18,20);1H. The zero-order valence-corrected chi connectivity index (χ0v) is 13.6. The topological polar surface area (TPSA) is 41.1 Å². The molecule has 3 rings (SSSR count). The van der Waals surface area contributed by atoms with Gasteiger partial charge in [0.1, 0.15) is 0 Å². The maximum absolute atomic E-state index is 12.1. The number of carbonyl (C=O) groups is 1. The van der Waals surface area contributed by atoms with Gasteiger partial charge in [-0.1, -0.05) is 29.8 Å². The smallest absolute Gasteiger partial charge is 0.220 e. The molecule has 0 spiro atoms. The van der Waals surface area contributed by atoms with E-state index in [0.29, 0.717) is 36.0 Å². The zero-order chi connectivity index (χ0) is 13.9. The van der Waals surface area contributed by atoms with Gasteiger partial charge in [0.05, 0.1) is 0 Å².